The van der Waals surface area contributed by atoms with Gasteiger partial charge in [0.2, 0.25) is 0 Å². The predicted octanol–water partition coefficient (Wildman–Crippen LogP) is 1.41. The molecule has 1 aliphatic heterocycles. The van der Waals surface area contributed by atoms with Crippen LogP contribution >= 0.6 is 11.8 Å². The molecule has 0 fully saturated rings. The quantitative estimate of drug-likeness (QED) is 0.771. The SMILES string of the molecule is CN(C)C(C)(C)CNC1=NCCCS1. The first-order chi connectivity index (χ1) is 6.52. The minimum Gasteiger partial charge on any atom is -0.363 e. The molecular formula is C10H21N3S. The van der Waals surface area contributed by atoms with Crippen LogP contribution in [0.15, 0.2) is 4.99 Å². The van der Waals surface area contributed by atoms with Crippen LogP contribution in [0.5, 0.6) is 0 Å². The van der Waals surface area contributed by atoms with Crippen molar-refractivity contribution in [2.75, 3.05) is 32.9 Å². The fourth-order valence-corrected chi connectivity index (χ4v) is 1.84. The Hall–Kier alpha value is -0.220. The minimum absolute atomic E-state index is 0.181. The van der Waals surface area contributed by atoms with E-state index < -0.39 is 0 Å². The maximum absolute atomic E-state index is 4.44. The van der Waals surface area contributed by atoms with Gasteiger partial charge < -0.3 is 10.2 Å². The van der Waals surface area contributed by atoms with E-state index in [1.165, 1.54) is 12.2 Å². The van der Waals surface area contributed by atoms with Gasteiger partial charge in [0.05, 0.1) is 0 Å². The molecule has 0 atom stereocenters. The van der Waals surface area contributed by atoms with Crippen molar-refractivity contribution in [3.05, 3.63) is 0 Å². The highest BCUT2D eigenvalue weighted by Gasteiger charge is 2.20. The fourth-order valence-electron chi connectivity index (χ4n) is 1.02. The molecule has 0 amide bonds. The van der Waals surface area contributed by atoms with Crippen LogP contribution in [-0.4, -0.2) is 48.5 Å². The first kappa shape index (κ1) is 11.9. The zero-order valence-corrected chi connectivity index (χ0v) is 10.4. The molecule has 1 N–H and O–H groups in total. The van der Waals surface area contributed by atoms with Crippen molar-refractivity contribution in [3.8, 4) is 0 Å². The van der Waals surface area contributed by atoms with Gasteiger partial charge in [-0.1, -0.05) is 11.8 Å². The summed E-state index contributed by atoms with van der Waals surface area (Å²) in [6.45, 7) is 6.39. The van der Waals surface area contributed by atoms with Crippen LogP contribution in [0.25, 0.3) is 0 Å². The smallest absolute Gasteiger partial charge is 0.156 e. The average Bonchev–Trinajstić information content (AvgIpc) is 2.16. The molecule has 14 heavy (non-hydrogen) atoms. The Balaban J connectivity index is 2.35. The largest absolute Gasteiger partial charge is 0.363 e. The summed E-state index contributed by atoms with van der Waals surface area (Å²) >= 11 is 1.84. The lowest BCUT2D eigenvalue weighted by Crippen LogP contribution is -2.48. The number of hydrogen-bond acceptors (Lipinski definition) is 4. The Morgan fingerprint density at radius 2 is 2.21 bits per heavy atom. The van der Waals surface area contributed by atoms with Gasteiger partial charge in [-0.15, -0.1) is 0 Å². The first-order valence-corrected chi connectivity index (χ1v) is 6.09. The molecule has 0 radical (unpaired) electrons. The van der Waals surface area contributed by atoms with E-state index in [-0.39, 0.29) is 5.54 Å². The van der Waals surface area contributed by atoms with Crippen molar-refractivity contribution in [1.29, 1.82) is 0 Å². The third-order valence-electron chi connectivity index (χ3n) is 2.68. The molecule has 0 aromatic carbocycles. The van der Waals surface area contributed by atoms with E-state index in [0.29, 0.717) is 0 Å². The highest BCUT2D eigenvalue weighted by molar-refractivity contribution is 8.13. The van der Waals surface area contributed by atoms with Crippen molar-refractivity contribution in [2.24, 2.45) is 4.99 Å². The highest BCUT2D eigenvalue weighted by atomic mass is 32.2. The number of nitrogens with zero attached hydrogens (tertiary/aromatic N) is 2. The third-order valence-corrected chi connectivity index (χ3v) is 3.72. The van der Waals surface area contributed by atoms with E-state index in [4.69, 9.17) is 0 Å². The highest BCUT2D eigenvalue weighted by Crippen LogP contribution is 2.12. The van der Waals surface area contributed by atoms with Gasteiger partial charge in [-0.2, -0.15) is 0 Å². The van der Waals surface area contributed by atoms with Crippen LogP contribution in [-0.2, 0) is 0 Å². The number of aliphatic imine (C=N–C) groups is 1. The normalized spacial score (nSPS) is 18.2. The maximum atomic E-state index is 4.44. The van der Waals surface area contributed by atoms with Crippen LogP contribution in [0.3, 0.4) is 0 Å². The summed E-state index contributed by atoms with van der Waals surface area (Å²) in [7, 11) is 4.22. The molecule has 0 aromatic rings. The number of hydrogen-bond donors (Lipinski definition) is 1. The second-order valence-electron chi connectivity index (χ2n) is 4.45. The summed E-state index contributed by atoms with van der Waals surface area (Å²) in [5.74, 6) is 1.20. The van der Waals surface area contributed by atoms with Gasteiger partial charge in [0.1, 0.15) is 0 Å². The van der Waals surface area contributed by atoms with Gasteiger partial charge in [-0.05, 0) is 34.4 Å². The summed E-state index contributed by atoms with van der Waals surface area (Å²) in [6, 6.07) is 0. The fraction of sp³-hybridized carbons (Fsp3) is 0.900. The van der Waals surface area contributed by atoms with E-state index >= 15 is 0 Å². The van der Waals surface area contributed by atoms with E-state index in [1.807, 2.05) is 11.8 Å². The van der Waals surface area contributed by atoms with E-state index in [2.05, 4.69) is 43.2 Å². The number of likely N-dealkylation sites (N-methyl/N-ethyl adjacent to an activating group) is 1. The number of nitrogens with one attached hydrogen (secondary N) is 1. The van der Waals surface area contributed by atoms with Gasteiger partial charge in [-0.3, -0.25) is 4.99 Å². The number of thioether (sulfide) groups is 1. The van der Waals surface area contributed by atoms with Gasteiger partial charge in [0, 0.05) is 24.4 Å². The Kier molecular flexibility index (Phi) is 4.26. The van der Waals surface area contributed by atoms with Crippen molar-refractivity contribution in [3.63, 3.8) is 0 Å². The van der Waals surface area contributed by atoms with Gasteiger partial charge in [0.25, 0.3) is 0 Å². The number of amidine groups is 1. The molecule has 1 rings (SSSR count). The van der Waals surface area contributed by atoms with Crippen LogP contribution < -0.4 is 5.32 Å². The van der Waals surface area contributed by atoms with Gasteiger partial charge in [0.15, 0.2) is 5.17 Å². The molecule has 0 aromatic heterocycles. The maximum Gasteiger partial charge on any atom is 0.156 e. The topological polar surface area (TPSA) is 27.6 Å². The second kappa shape index (κ2) is 5.03. The zero-order valence-electron chi connectivity index (χ0n) is 9.63. The minimum atomic E-state index is 0.181. The Morgan fingerprint density at radius 3 is 2.71 bits per heavy atom. The molecule has 0 aliphatic carbocycles. The molecule has 0 bridgehead atoms. The average molecular weight is 215 g/mol. The molecule has 4 heteroatoms. The molecule has 0 saturated carbocycles. The molecular weight excluding hydrogens is 194 g/mol. The molecule has 0 saturated heterocycles. The molecule has 1 aliphatic rings. The molecule has 0 unspecified atom stereocenters. The summed E-state index contributed by atoms with van der Waals surface area (Å²) < 4.78 is 0. The Bertz CT molecular complexity index is 211. The zero-order chi connectivity index (χ0) is 10.6. The molecule has 1 heterocycles. The van der Waals surface area contributed by atoms with Crippen LogP contribution in [0, 0.1) is 0 Å². The van der Waals surface area contributed by atoms with Crippen molar-refractivity contribution < 1.29 is 0 Å². The van der Waals surface area contributed by atoms with Crippen molar-refractivity contribution in [1.82, 2.24) is 10.2 Å². The van der Waals surface area contributed by atoms with Crippen LogP contribution in [0.2, 0.25) is 0 Å². The lowest BCUT2D eigenvalue weighted by molar-refractivity contribution is 0.198. The van der Waals surface area contributed by atoms with Gasteiger partial charge >= 0.3 is 0 Å². The summed E-state index contributed by atoms with van der Waals surface area (Å²) in [6.07, 6.45) is 1.22. The van der Waals surface area contributed by atoms with Crippen molar-refractivity contribution in [2.45, 2.75) is 25.8 Å². The lowest BCUT2D eigenvalue weighted by atomic mass is 10.1. The Morgan fingerprint density at radius 1 is 1.50 bits per heavy atom. The lowest BCUT2D eigenvalue weighted by Gasteiger charge is -2.33. The predicted molar refractivity (Wildman–Crippen MR) is 65.1 cm³/mol. The standard InChI is InChI=1S/C10H21N3S/c1-10(2,13(3)4)8-12-9-11-6-5-7-14-9/h5-8H2,1-4H3,(H,11,12). The van der Waals surface area contributed by atoms with Crippen LogP contribution in [0.1, 0.15) is 20.3 Å². The summed E-state index contributed by atoms with van der Waals surface area (Å²) in [5.41, 5.74) is 0.181. The van der Waals surface area contributed by atoms with Crippen LogP contribution in [0.4, 0.5) is 0 Å². The summed E-state index contributed by atoms with van der Waals surface area (Å²) in [5, 5.41) is 4.53. The third kappa shape index (κ3) is 3.50. The number of rotatable bonds is 3. The van der Waals surface area contributed by atoms with E-state index in [0.717, 1.165) is 18.3 Å². The Labute approximate surface area is 91.3 Å². The second-order valence-corrected chi connectivity index (χ2v) is 5.53. The summed E-state index contributed by atoms with van der Waals surface area (Å²) in [4.78, 5) is 6.67. The van der Waals surface area contributed by atoms with Gasteiger partial charge in [-0.25, -0.2) is 0 Å². The molecule has 0 spiro atoms. The van der Waals surface area contributed by atoms with E-state index in [1.54, 1.807) is 0 Å². The molecule has 82 valence electrons. The monoisotopic (exact) mass is 215 g/mol. The molecule has 3 nitrogen and oxygen atoms in total. The first-order valence-electron chi connectivity index (χ1n) is 5.11. The van der Waals surface area contributed by atoms with E-state index in [9.17, 15) is 0 Å². The van der Waals surface area contributed by atoms with Crippen molar-refractivity contribution >= 4 is 16.9 Å².